The molecule has 6 heteroatoms. The van der Waals surface area contributed by atoms with Crippen LogP contribution >= 0.6 is 12.4 Å². The summed E-state index contributed by atoms with van der Waals surface area (Å²) in [6.45, 7) is 7.59. The zero-order valence-corrected chi connectivity index (χ0v) is 14.0. The number of rotatable bonds is 8. The van der Waals surface area contributed by atoms with E-state index in [-0.39, 0.29) is 18.5 Å². The molecule has 0 radical (unpaired) electrons. The highest BCUT2D eigenvalue weighted by atomic mass is 35.5. The lowest BCUT2D eigenvalue weighted by atomic mass is 10.3. The van der Waals surface area contributed by atoms with E-state index in [9.17, 15) is 0 Å². The van der Waals surface area contributed by atoms with Crippen LogP contribution in [0.25, 0.3) is 0 Å². The number of nitrogens with zero attached hydrogens (tertiary/aromatic N) is 1. The molecule has 1 aromatic rings. The van der Waals surface area contributed by atoms with Gasteiger partial charge in [-0.15, -0.1) is 12.4 Å². The Bertz CT molecular complexity index is 403. The van der Waals surface area contributed by atoms with Crippen LogP contribution in [-0.2, 0) is 4.74 Å². The smallest absolute Gasteiger partial charge is 0.119 e. The standard InChI is InChI=1S/C16H26N2O3.ClH/c1-2-9-19-14-3-5-15(6-4-14)20-10-7-18-8-11-21-16(12-17)13-18;/h3-6,16H,2,7-13,17H2,1H3;1H. The molecule has 1 fully saturated rings. The van der Waals surface area contributed by atoms with Gasteiger partial charge in [-0.2, -0.15) is 0 Å². The summed E-state index contributed by atoms with van der Waals surface area (Å²) in [6.07, 6.45) is 1.18. The number of ether oxygens (including phenoxy) is 3. The van der Waals surface area contributed by atoms with Crippen LogP contribution in [0.1, 0.15) is 13.3 Å². The number of halogens is 1. The molecule has 0 aromatic heterocycles. The number of benzene rings is 1. The van der Waals surface area contributed by atoms with Crippen LogP contribution in [0.5, 0.6) is 11.5 Å². The summed E-state index contributed by atoms with van der Waals surface area (Å²) in [5, 5.41) is 0. The van der Waals surface area contributed by atoms with Gasteiger partial charge in [0.25, 0.3) is 0 Å². The van der Waals surface area contributed by atoms with Gasteiger partial charge in [-0.05, 0) is 30.7 Å². The monoisotopic (exact) mass is 330 g/mol. The van der Waals surface area contributed by atoms with Crippen molar-refractivity contribution in [2.24, 2.45) is 5.73 Å². The minimum Gasteiger partial charge on any atom is -0.494 e. The Hall–Kier alpha value is -1.01. The molecule has 1 unspecified atom stereocenters. The first-order valence-corrected chi connectivity index (χ1v) is 7.71. The van der Waals surface area contributed by atoms with Gasteiger partial charge in [-0.1, -0.05) is 6.92 Å². The minimum atomic E-state index is 0. The Morgan fingerprint density at radius 3 is 2.41 bits per heavy atom. The fourth-order valence-electron chi connectivity index (χ4n) is 2.27. The molecule has 0 bridgehead atoms. The Morgan fingerprint density at radius 2 is 1.82 bits per heavy atom. The Kier molecular flexibility index (Phi) is 9.24. The first-order chi connectivity index (χ1) is 10.3. The molecule has 126 valence electrons. The zero-order valence-electron chi connectivity index (χ0n) is 13.2. The van der Waals surface area contributed by atoms with Crippen LogP contribution in [0.3, 0.4) is 0 Å². The van der Waals surface area contributed by atoms with E-state index in [2.05, 4.69) is 11.8 Å². The molecule has 1 heterocycles. The number of morpholine rings is 1. The summed E-state index contributed by atoms with van der Waals surface area (Å²) in [5.74, 6) is 1.77. The van der Waals surface area contributed by atoms with Gasteiger partial charge >= 0.3 is 0 Å². The van der Waals surface area contributed by atoms with Gasteiger partial charge in [0.1, 0.15) is 18.1 Å². The zero-order chi connectivity index (χ0) is 14.9. The largest absolute Gasteiger partial charge is 0.494 e. The van der Waals surface area contributed by atoms with Gasteiger partial charge in [0.15, 0.2) is 0 Å². The summed E-state index contributed by atoms with van der Waals surface area (Å²) in [5.41, 5.74) is 5.64. The molecule has 1 atom stereocenters. The van der Waals surface area contributed by atoms with E-state index in [4.69, 9.17) is 19.9 Å². The van der Waals surface area contributed by atoms with Crippen molar-refractivity contribution in [2.45, 2.75) is 19.4 Å². The lowest BCUT2D eigenvalue weighted by molar-refractivity contribution is -0.0261. The van der Waals surface area contributed by atoms with Crippen molar-refractivity contribution in [3.05, 3.63) is 24.3 Å². The SMILES string of the molecule is CCCOc1ccc(OCCN2CCOC(CN)C2)cc1.Cl. The fraction of sp³-hybridized carbons (Fsp3) is 0.625. The first-order valence-electron chi connectivity index (χ1n) is 7.71. The van der Waals surface area contributed by atoms with Crippen LogP contribution in [0.4, 0.5) is 0 Å². The molecule has 1 aliphatic heterocycles. The topological polar surface area (TPSA) is 57.0 Å². The molecule has 22 heavy (non-hydrogen) atoms. The third-order valence-corrected chi connectivity index (χ3v) is 3.46. The molecule has 1 aromatic carbocycles. The van der Waals surface area contributed by atoms with Crippen molar-refractivity contribution >= 4 is 12.4 Å². The average molecular weight is 331 g/mol. The van der Waals surface area contributed by atoms with E-state index < -0.39 is 0 Å². The van der Waals surface area contributed by atoms with Crippen LogP contribution < -0.4 is 15.2 Å². The van der Waals surface area contributed by atoms with Crippen molar-refractivity contribution in [2.75, 3.05) is 46.0 Å². The van der Waals surface area contributed by atoms with Crippen molar-refractivity contribution in [3.63, 3.8) is 0 Å². The lowest BCUT2D eigenvalue weighted by Crippen LogP contribution is -2.46. The van der Waals surface area contributed by atoms with E-state index in [1.807, 2.05) is 24.3 Å². The van der Waals surface area contributed by atoms with Crippen molar-refractivity contribution in [1.29, 1.82) is 0 Å². The molecule has 0 amide bonds. The third-order valence-electron chi connectivity index (χ3n) is 3.46. The number of hydrogen-bond acceptors (Lipinski definition) is 5. The summed E-state index contributed by atoms with van der Waals surface area (Å²) in [4.78, 5) is 2.33. The summed E-state index contributed by atoms with van der Waals surface area (Å²) >= 11 is 0. The van der Waals surface area contributed by atoms with Crippen LogP contribution in [0, 0.1) is 0 Å². The van der Waals surface area contributed by atoms with Gasteiger partial charge in [0.05, 0.1) is 19.3 Å². The minimum absolute atomic E-state index is 0. The lowest BCUT2D eigenvalue weighted by Gasteiger charge is -2.32. The van der Waals surface area contributed by atoms with E-state index in [1.54, 1.807) is 0 Å². The number of hydrogen-bond donors (Lipinski definition) is 1. The van der Waals surface area contributed by atoms with E-state index >= 15 is 0 Å². The third kappa shape index (κ3) is 6.40. The second kappa shape index (κ2) is 10.7. The Balaban J connectivity index is 0.00000242. The van der Waals surface area contributed by atoms with Gasteiger partial charge in [-0.25, -0.2) is 0 Å². The molecule has 1 saturated heterocycles. The van der Waals surface area contributed by atoms with E-state index in [0.717, 1.165) is 50.8 Å². The maximum atomic E-state index is 5.77. The van der Waals surface area contributed by atoms with Crippen molar-refractivity contribution in [3.8, 4) is 11.5 Å². The highest BCUT2D eigenvalue weighted by Gasteiger charge is 2.18. The number of nitrogens with two attached hydrogens (primary N) is 1. The Labute approximate surface area is 139 Å². The predicted octanol–water partition coefficient (Wildman–Crippen LogP) is 1.94. The summed E-state index contributed by atoms with van der Waals surface area (Å²) < 4.78 is 16.9. The maximum absolute atomic E-state index is 5.77. The second-order valence-electron chi connectivity index (χ2n) is 5.20. The van der Waals surface area contributed by atoms with Crippen molar-refractivity contribution in [1.82, 2.24) is 4.90 Å². The predicted molar refractivity (Wildman–Crippen MR) is 90.2 cm³/mol. The maximum Gasteiger partial charge on any atom is 0.119 e. The van der Waals surface area contributed by atoms with Crippen LogP contribution in [-0.4, -0.2) is 57.0 Å². The molecular formula is C16H27ClN2O3. The molecule has 1 aliphatic rings. The van der Waals surface area contributed by atoms with Gasteiger partial charge in [0, 0.05) is 26.2 Å². The average Bonchev–Trinajstić information content (AvgIpc) is 2.54. The fourth-order valence-corrected chi connectivity index (χ4v) is 2.27. The normalized spacial score (nSPS) is 18.5. The molecule has 5 nitrogen and oxygen atoms in total. The second-order valence-corrected chi connectivity index (χ2v) is 5.20. The van der Waals surface area contributed by atoms with Crippen LogP contribution in [0.15, 0.2) is 24.3 Å². The summed E-state index contributed by atoms with van der Waals surface area (Å²) in [6, 6.07) is 7.80. The van der Waals surface area contributed by atoms with E-state index in [0.29, 0.717) is 13.2 Å². The van der Waals surface area contributed by atoms with Gasteiger partial charge in [0.2, 0.25) is 0 Å². The molecule has 2 rings (SSSR count). The van der Waals surface area contributed by atoms with Gasteiger partial charge in [-0.3, -0.25) is 4.90 Å². The van der Waals surface area contributed by atoms with E-state index in [1.165, 1.54) is 0 Å². The Morgan fingerprint density at radius 1 is 1.18 bits per heavy atom. The molecule has 0 saturated carbocycles. The molecule has 0 aliphatic carbocycles. The summed E-state index contributed by atoms with van der Waals surface area (Å²) in [7, 11) is 0. The molecule has 2 N–H and O–H groups in total. The highest BCUT2D eigenvalue weighted by Crippen LogP contribution is 2.17. The molecular weight excluding hydrogens is 304 g/mol. The highest BCUT2D eigenvalue weighted by molar-refractivity contribution is 5.85. The van der Waals surface area contributed by atoms with Crippen molar-refractivity contribution < 1.29 is 14.2 Å². The van der Waals surface area contributed by atoms with Crippen LogP contribution in [0.2, 0.25) is 0 Å². The first kappa shape index (κ1) is 19.0. The quantitative estimate of drug-likeness (QED) is 0.789. The van der Waals surface area contributed by atoms with Gasteiger partial charge < -0.3 is 19.9 Å². The molecule has 0 spiro atoms.